The fourth-order valence-electron chi connectivity index (χ4n) is 2.05. The van der Waals surface area contributed by atoms with E-state index in [2.05, 4.69) is 0 Å². The van der Waals surface area contributed by atoms with Gasteiger partial charge >= 0.3 is 0 Å². The van der Waals surface area contributed by atoms with Crippen LogP contribution in [0.5, 0.6) is 5.75 Å². The van der Waals surface area contributed by atoms with Gasteiger partial charge in [0.15, 0.2) is 0 Å². The van der Waals surface area contributed by atoms with E-state index >= 15 is 0 Å². The first-order chi connectivity index (χ1) is 9.08. The third-order valence-electron chi connectivity index (χ3n) is 2.98. The maximum Gasteiger partial charge on any atom is 0.130 e. The number of hydrogen-bond acceptors (Lipinski definition) is 1. The second kappa shape index (κ2) is 5.70. The molecule has 0 aliphatic rings. The monoisotopic (exact) mass is 256 g/mol. The minimum absolute atomic E-state index is 0.0164. The Bertz CT molecular complexity index is 562. The van der Waals surface area contributed by atoms with Gasteiger partial charge in [-0.1, -0.05) is 56.3 Å². The van der Waals surface area contributed by atoms with Crippen LogP contribution < -0.4 is 0 Å². The van der Waals surface area contributed by atoms with Crippen molar-refractivity contribution >= 4 is 12.2 Å². The summed E-state index contributed by atoms with van der Waals surface area (Å²) in [5, 5.41) is 9.87. The van der Waals surface area contributed by atoms with Crippen LogP contribution in [0.3, 0.4) is 0 Å². The van der Waals surface area contributed by atoms with E-state index < -0.39 is 0 Å². The fraction of sp³-hybridized carbons (Fsp3) is 0.176. The van der Waals surface area contributed by atoms with Gasteiger partial charge in [-0.15, -0.1) is 0 Å². The molecular formula is C17H17FO. The van der Waals surface area contributed by atoms with Crippen molar-refractivity contribution in [3.8, 4) is 5.75 Å². The van der Waals surface area contributed by atoms with Crippen LogP contribution in [-0.4, -0.2) is 5.11 Å². The molecule has 0 saturated heterocycles. The Labute approximate surface area is 113 Å². The maximum absolute atomic E-state index is 13.9. The quantitative estimate of drug-likeness (QED) is 0.780. The molecule has 2 heteroatoms. The Kier molecular flexibility index (Phi) is 4.00. The van der Waals surface area contributed by atoms with Gasteiger partial charge in [0.1, 0.15) is 11.6 Å². The van der Waals surface area contributed by atoms with E-state index in [-0.39, 0.29) is 17.5 Å². The second-order valence-corrected chi connectivity index (χ2v) is 4.83. The van der Waals surface area contributed by atoms with Gasteiger partial charge in [0.05, 0.1) is 0 Å². The van der Waals surface area contributed by atoms with E-state index in [1.165, 1.54) is 6.07 Å². The van der Waals surface area contributed by atoms with Gasteiger partial charge in [-0.05, 0) is 29.2 Å². The predicted octanol–water partition coefficient (Wildman–Crippen LogP) is 4.83. The van der Waals surface area contributed by atoms with Crippen molar-refractivity contribution < 1.29 is 9.50 Å². The smallest absolute Gasteiger partial charge is 0.130 e. The third-order valence-corrected chi connectivity index (χ3v) is 2.98. The molecule has 0 aliphatic heterocycles. The summed E-state index contributed by atoms with van der Waals surface area (Å²) < 4.78 is 13.9. The van der Waals surface area contributed by atoms with E-state index in [9.17, 15) is 9.50 Å². The molecule has 0 heterocycles. The van der Waals surface area contributed by atoms with Crippen molar-refractivity contribution in [2.45, 2.75) is 19.8 Å². The molecule has 0 bridgehead atoms. The van der Waals surface area contributed by atoms with Crippen LogP contribution in [0.15, 0.2) is 42.5 Å². The van der Waals surface area contributed by atoms with Gasteiger partial charge in [-0.3, -0.25) is 0 Å². The average Bonchev–Trinajstić information content (AvgIpc) is 2.36. The summed E-state index contributed by atoms with van der Waals surface area (Å²) in [6.45, 7) is 3.72. The number of benzene rings is 2. The topological polar surface area (TPSA) is 20.2 Å². The molecule has 0 amide bonds. The lowest BCUT2D eigenvalue weighted by atomic mass is 9.99. The largest absolute Gasteiger partial charge is 0.508 e. The first-order valence-electron chi connectivity index (χ1n) is 6.33. The number of rotatable bonds is 3. The summed E-state index contributed by atoms with van der Waals surface area (Å²) in [5.41, 5.74) is 2.07. The number of phenolic OH excluding ortho intramolecular Hbond substituents is 1. The third kappa shape index (κ3) is 3.22. The lowest BCUT2D eigenvalue weighted by Crippen LogP contribution is -1.94. The van der Waals surface area contributed by atoms with Crippen LogP contribution in [0.1, 0.15) is 36.5 Å². The average molecular weight is 256 g/mol. The number of aromatic hydroxyl groups is 1. The molecule has 2 aromatic rings. The first kappa shape index (κ1) is 13.3. The molecule has 1 nitrogen and oxygen atoms in total. The SMILES string of the molecule is CC(C)c1c(O)cc(/C=C/c2ccccc2)cc1F. The van der Waals surface area contributed by atoms with Gasteiger partial charge < -0.3 is 5.11 Å². The molecule has 0 fully saturated rings. The van der Waals surface area contributed by atoms with Crippen LogP contribution in [-0.2, 0) is 0 Å². The summed E-state index contributed by atoms with van der Waals surface area (Å²) >= 11 is 0. The van der Waals surface area contributed by atoms with Gasteiger partial charge in [0.2, 0.25) is 0 Å². The van der Waals surface area contributed by atoms with Crippen LogP contribution in [0.2, 0.25) is 0 Å². The lowest BCUT2D eigenvalue weighted by Gasteiger charge is -2.10. The standard InChI is InChI=1S/C17H17FO/c1-12(2)17-15(18)10-14(11-16(17)19)9-8-13-6-4-3-5-7-13/h3-12,19H,1-2H3/b9-8+. The zero-order chi connectivity index (χ0) is 13.8. The highest BCUT2D eigenvalue weighted by molar-refractivity contribution is 5.70. The summed E-state index contributed by atoms with van der Waals surface area (Å²) in [5.74, 6) is -0.377. The molecule has 0 atom stereocenters. The van der Waals surface area contributed by atoms with Gasteiger partial charge in [-0.25, -0.2) is 4.39 Å². The van der Waals surface area contributed by atoms with Gasteiger partial charge in [0.25, 0.3) is 0 Å². The zero-order valence-electron chi connectivity index (χ0n) is 11.1. The minimum atomic E-state index is -0.359. The Morgan fingerprint density at radius 1 is 1.00 bits per heavy atom. The maximum atomic E-state index is 13.9. The second-order valence-electron chi connectivity index (χ2n) is 4.83. The highest BCUT2D eigenvalue weighted by Crippen LogP contribution is 2.30. The van der Waals surface area contributed by atoms with Crippen molar-refractivity contribution in [3.63, 3.8) is 0 Å². The van der Waals surface area contributed by atoms with E-state index in [0.29, 0.717) is 11.1 Å². The summed E-state index contributed by atoms with van der Waals surface area (Å²) in [6, 6.07) is 12.8. The molecule has 0 saturated carbocycles. The fourth-order valence-corrected chi connectivity index (χ4v) is 2.05. The van der Waals surface area contributed by atoms with Crippen LogP contribution in [0.4, 0.5) is 4.39 Å². The lowest BCUT2D eigenvalue weighted by molar-refractivity contribution is 0.453. The Balaban J connectivity index is 2.30. The predicted molar refractivity (Wildman–Crippen MR) is 77.5 cm³/mol. The molecule has 0 aliphatic carbocycles. The first-order valence-corrected chi connectivity index (χ1v) is 6.33. The highest BCUT2D eigenvalue weighted by atomic mass is 19.1. The van der Waals surface area contributed by atoms with Crippen molar-refractivity contribution in [3.05, 3.63) is 65.0 Å². The molecule has 19 heavy (non-hydrogen) atoms. The molecule has 98 valence electrons. The summed E-state index contributed by atoms with van der Waals surface area (Å²) in [7, 11) is 0. The molecule has 0 unspecified atom stereocenters. The van der Waals surface area contributed by atoms with E-state index in [4.69, 9.17) is 0 Å². The Hall–Kier alpha value is -2.09. The molecule has 2 aromatic carbocycles. The molecule has 1 N–H and O–H groups in total. The zero-order valence-corrected chi connectivity index (χ0v) is 11.1. The molecule has 0 aromatic heterocycles. The van der Waals surface area contributed by atoms with Gasteiger partial charge in [-0.2, -0.15) is 0 Å². The van der Waals surface area contributed by atoms with Gasteiger partial charge in [0, 0.05) is 5.56 Å². The van der Waals surface area contributed by atoms with Crippen molar-refractivity contribution in [1.29, 1.82) is 0 Å². The Morgan fingerprint density at radius 3 is 2.21 bits per heavy atom. The van der Waals surface area contributed by atoms with Crippen molar-refractivity contribution in [2.24, 2.45) is 0 Å². The number of halogens is 1. The normalized spacial score (nSPS) is 11.4. The van der Waals surface area contributed by atoms with Crippen LogP contribution in [0.25, 0.3) is 12.2 Å². The number of phenols is 1. The van der Waals surface area contributed by atoms with Crippen molar-refractivity contribution in [2.75, 3.05) is 0 Å². The van der Waals surface area contributed by atoms with Crippen LogP contribution in [0, 0.1) is 5.82 Å². The van der Waals surface area contributed by atoms with E-state index in [1.54, 1.807) is 12.1 Å². The molecule has 2 rings (SSSR count). The molecule has 0 radical (unpaired) electrons. The number of hydrogen-bond donors (Lipinski definition) is 1. The highest BCUT2D eigenvalue weighted by Gasteiger charge is 2.12. The van der Waals surface area contributed by atoms with E-state index in [1.807, 2.05) is 50.3 Å². The van der Waals surface area contributed by atoms with Crippen molar-refractivity contribution in [1.82, 2.24) is 0 Å². The Morgan fingerprint density at radius 2 is 1.63 bits per heavy atom. The van der Waals surface area contributed by atoms with Crippen LogP contribution >= 0.6 is 0 Å². The van der Waals surface area contributed by atoms with E-state index in [0.717, 1.165) is 5.56 Å². The summed E-state index contributed by atoms with van der Waals surface area (Å²) in [4.78, 5) is 0. The summed E-state index contributed by atoms with van der Waals surface area (Å²) in [6.07, 6.45) is 3.69. The molecular weight excluding hydrogens is 239 g/mol. The molecule has 0 spiro atoms. The minimum Gasteiger partial charge on any atom is -0.508 e.